The van der Waals surface area contributed by atoms with Crippen LogP contribution in [0.1, 0.15) is 23.0 Å². The Labute approximate surface area is 156 Å². The molecule has 1 amide bonds. The first kappa shape index (κ1) is 17.5. The van der Waals surface area contributed by atoms with E-state index in [0.29, 0.717) is 10.0 Å². The molecule has 25 heavy (non-hydrogen) atoms. The van der Waals surface area contributed by atoms with Crippen LogP contribution in [0.15, 0.2) is 60.9 Å². The highest BCUT2D eigenvalue weighted by atomic mass is 35.5. The van der Waals surface area contributed by atoms with Crippen LogP contribution in [0.4, 0.5) is 0 Å². The first-order chi connectivity index (χ1) is 12.0. The molecule has 0 unspecified atom stereocenters. The molecular formula is C19H17Cl2N3O. The Hall–Kier alpha value is -2.30. The van der Waals surface area contributed by atoms with E-state index in [4.69, 9.17) is 23.2 Å². The Morgan fingerprint density at radius 3 is 2.24 bits per heavy atom. The van der Waals surface area contributed by atoms with Gasteiger partial charge in [-0.25, -0.2) is 4.98 Å². The maximum atomic E-state index is 12.5. The summed E-state index contributed by atoms with van der Waals surface area (Å²) in [5.41, 5.74) is 1.82. The summed E-state index contributed by atoms with van der Waals surface area (Å²) in [5.74, 6) is 0.664. The third-order valence-electron chi connectivity index (χ3n) is 3.90. The molecule has 0 fully saturated rings. The Morgan fingerprint density at radius 2 is 1.68 bits per heavy atom. The lowest BCUT2D eigenvalue weighted by Gasteiger charge is -2.19. The summed E-state index contributed by atoms with van der Waals surface area (Å²) in [4.78, 5) is 16.9. The molecule has 0 bridgehead atoms. The lowest BCUT2D eigenvalue weighted by molar-refractivity contribution is -0.121. The quantitative estimate of drug-likeness (QED) is 0.729. The number of carbonyl (C=O) groups excluding carboxylic acids is 1. The minimum absolute atomic E-state index is 0.0923. The molecule has 128 valence electrons. The summed E-state index contributed by atoms with van der Waals surface area (Å²) >= 11 is 11.9. The van der Waals surface area contributed by atoms with Crippen LogP contribution in [0.3, 0.4) is 0 Å². The van der Waals surface area contributed by atoms with Gasteiger partial charge in [0.25, 0.3) is 0 Å². The fourth-order valence-electron chi connectivity index (χ4n) is 2.61. The first-order valence-electron chi connectivity index (χ1n) is 7.79. The van der Waals surface area contributed by atoms with Crippen molar-refractivity contribution >= 4 is 29.1 Å². The first-order valence-corrected chi connectivity index (χ1v) is 8.55. The lowest BCUT2D eigenvalue weighted by atomic mass is 10.1. The van der Waals surface area contributed by atoms with E-state index >= 15 is 0 Å². The minimum atomic E-state index is -0.350. The zero-order valence-corrected chi connectivity index (χ0v) is 15.1. The zero-order chi connectivity index (χ0) is 17.8. The molecule has 0 saturated heterocycles. The van der Waals surface area contributed by atoms with Crippen LogP contribution < -0.4 is 5.32 Å². The molecule has 6 heteroatoms. The number of aromatic nitrogens is 2. The van der Waals surface area contributed by atoms with Crippen molar-refractivity contribution < 1.29 is 4.79 Å². The summed E-state index contributed by atoms with van der Waals surface area (Å²) in [6.45, 7) is 0. The van der Waals surface area contributed by atoms with Gasteiger partial charge in [-0.05, 0) is 35.4 Å². The number of rotatable bonds is 5. The summed E-state index contributed by atoms with van der Waals surface area (Å²) in [5, 5.41) is 4.36. The second-order valence-electron chi connectivity index (χ2n) is 5.75. The summed E-state index contributed by atoms with van der Waals surface area (Å²) in [7, 11) is 1.90. The number of carbonyl (C=O) groups is 1. The normalized spacial score (nSPS) is 12.0. The van der Waals surface area contributed by atoms with Crippen LogP contribution in [0.25, 0.3) is 0 Å². The molecule has 3 rings (SSSR count). The molecule has 0 saturated carbocycles. The Bertz CT molecular complexity index is 857. The molecule has 1 N–H and O–H groups in total. The average molecular weight is 374 g/mol. The summed E-state index contributed by atoms with van der Waals surface area (Å²) < 4.78 is 1.89. The van der Waals surface area contributed by atoms with Gasteiger partial charge < -0.3 is 9.88 Å². The molecule has 3 aromatic rings. The van der Waals surface area contributed by atoms with Crippen LogP contribution in [-0.2, 0) is 18.3 Å². The smallest absolute Gasteiger partial charge is 0.225 e. The van der Waals surface area contributed by atoms with Crippen LogP contribution in [0.2, 0.25) is 10.0 Å². The van der Waals surface area contributed by atoms with Gasteiger partial charge in [0.05, 0.1) is 6.42 Å². The highest BCUT2D eigenvalue weighted by Crippen LogP contribution is 2.22. The molecule has 1 aromatic heterocycles. The van der Waals surface area contributed by atoms with Crippen molar-refractivity contribution in [2.75, 3.05) is 0 Å². The molecule has 1 heterocycles. The molecule has 0 spiro atoms. The van der Waals surface area contributed by atoms with Crippen molar-refractivity contribution in [3.63, 3.8) is 0 Å². The van der Waals surface area contributed by atoms with Crippen molar-refractivity contribution in [1.82, 2.24) is 14.9 Å². The molecule has 0 aliphatic heterocycles. The summed E-state index contributed by atoms with van der Waals surface area (Å²) in [6, 6.07) is 14.3. The SMILES string of the molecule is Cn1ccnc1[C@@H](NC(=O)Cc1ccc(Cl)cc1)c1ccc(Cl)cc1. The van der Waals surface area contributed by atoms with Gasteiger partial charge in [0, 0.05) is 29.5 Å². The number of hydrogen-bond donors (Lipinski definition) is 1. The van der Waals surface area contributed by atoms with Crippen molar-refractivity contribution in [1.29, 1.82) is 0 Å². The minimum Gasteiger partial charge on any atom is -0.342 e. The molecule has 1 atom stereocenters. The van der Waals surface area contributed by atoms with Gasteiger partial charge in [-0.2, -0.15) is 0 Å². The van der Waals surface area contributed by atoms with Gasteiger partial charge in [-0.1, -0.05) is 47.5 Å². The fraction of sp³-hybridized carbons (Fsp3) is 0.158. The highest BCUT2D eigenvalue weighted by Gasteiger charge is 2.20. The topological polar surface area (TPSA) is 46.9 Å². The van der Waals surface area contributed by atoms with E-state index in [1.807, 2.05) is 42.1 Å². The monoisotopic (exact) mass is 373 g/mol. The van der Waals surface area contributed by atoms with E-state index in [2.05, 4.69) is 10.3 Å². The number of amides is 1. The number of benzene rings is 2. The number of aryl methyl sites for hydroxylation is 1. The summed E-state index contributed by atoms with van der Waals surface area (Å²) in [6.07, 6.45) is 3.83. The van der Waals surface area contributed by atoms with E-state index in [1.165, 1.54) is 0 Å². The Kier molecular flexibility index (Phi) is 5.41. The largest absolute Gasteiger partial charge is 0.342 e. The van der Waals surface area contributed by atoms with Gasteiger partial charge in [0.15, 0.2) is 0 Å². The average Bonchev–Trinajstić information content (AvgIpc) is 3.01. The second kappa shape index (κ2) is 7.72. The number of halogens is 2. The Morgan fingerprint density at radius 1 is 1.08 bits per heavy atom. The van der Waals surface area contributed by atoms with Crippen LogP contribution in [0, 0.1) is 0 Å². The van der Waals surface area contributed by atoms with Crippen LogP contribution in [0.5, 0.6) is 0 Å². The highest BCUT2D eigenvalue weighted by molar-refractivity contribution is 6.30. The van der Waals surface area contributed by atoms with Crippen molar-refractivity contribution in [3.05, 3.63) is 87.9 Å². The molecule has 0 aliphatic rings. The van der Waals surface area contributed by atoms with E-state index < -0.39 is 0 Å². The van der Waals surface area contributed by atoms with Gasteiger partial charge >= 0.3 is 0 Å². The second-order valence-corrected chi connectivity index (χ2v) is 6.62. The van der Waals surface area contributed by atoms with Crippen molar-refractivity contribution in [2.45, 2.75) is 12.5 Å². The van der Waals surface area contributed by atoms with Gasteiger partial charge in [-0.15, -0.1) is 0 Å². The van der Waals surface area contributed by atoms with Gasteiger partial charge in [0.2, 0.25) is 5.91 Å². The zero-order valence-electron chi connectivity index (χ0n) is 13.6. The molecule has 0 radical (unpaired) electrons. The van der Waals surface area contributed by atoms with E-state index in [0.717, 1.165) is 17.0 Å². The third kappa shape index (κ3) is 4.41. The van der Waals surface area contributed by atoms with E-state index in [9.17, 15) is 4.79 Å². The van der Waals surface area contributed by atoms with E-state index in [-0.39, 0.29) is 18.4 Å². The molecule has 4 nitrogen and oxygen atoms in total. The maximum absolute atomic E-state index is 12.5. The number of imidazole rings is 1. The Balaban J connectivity index is 1.82. The fourth-order valence-corrected chi connectivity index (χ4v) is 2.86. The predicted molar refractivity (Wildman–Crippen MR) is 99.8 cm³/mol. The molecule has 2 aromatic carbocycles. The third-order valence-corrected chi connectivity index (χ3v) is 4.41. The lowest BCUT2D eigenvalue weighted by Crippen LogP contribution is -2.32. The van der Waals surface area contributed by atoms with Crippen molar-refractivity contribution in [3.8, 4) is 0 Å². The molecule has 0 aliphatic carbocycles. The van der Waals surface area contributed by atoms with Crippen molar-refractivity contribution in [2.24, 2.45) is 7.05 Å². The number of nitrogens with one attached hydrogen (secondary N) is 1. The predicted octanol–water partition coefficient (Wildman–Crippen LogP) is 4.18. The van der Waals surface area contributed by atoms with Gasteiger partial charge in [-0.3, -0.25) is 4.79 Å². The van der Waals surface area contributed by atoms with Crippen LogP contribution >= 0.6 is 23.2 Å². The molecular weight excluding hydrogens is 357 g/mol. The standard InChI is InChI=1S/C19H17Cl2N3O/c1-24-11-10-22-19(24)18(14-4-8-16(21)9-5-14)23-17(25)12-13-2-6-15(20)7-3-13/h2-11,18H,12H2,1H3,(H,23,25)/t18-/m0/s1. The number of hydrogen-bond acceptors (Lipinski definition) is 2. The maximum Gasteiger partial charge on any atom is 0.225 e. The van der Waals surface area contributed by atoms with E-state index in [1.54, 1.807) is 30.5 Å². The number of nitrogens with zero attached hydrogens (tertiary/aromatic N) is 2. The van der Waals surface area contributed by atoms with Gasteiger partial charge in [0.1, 0.15) is 11.9 Å². The van der Waals surface area contributed by atoms with Crippen LogP contribution in [-0.4, -0.2) is 15.5 Å².